The van der Waals surface area contributed by atoms with E-state index in [1.165, 1.54) is 11.3 Å². The van der Waals surface area contributed by atoms with E-state index in [0.717, 1.165) is 0 Å². The minimum Gasteiger partial charge on any atom is -0.369 e. The number of thiazole rings is 1. The summed E-state index contributed by atoms with van der Waals surface area (Å²) in [4.78, 5) is 37.7. The Bertz CT molecular complexity index is 696. The zero-order valence-electron chi connectivity index (χ0n) is 12.3. The Labute approximate surface area is 136 Å². The van der Waals surface area contributed by atoms with E-state index in [0.29, 0.717) is 42.7 Å². The van der Waals surface area contributed by atoms with Gasteiger partial charge >= 0.3 is 0 Å². The molecule has 2 amide bonds. The van der Waals surface area contributed by atoms with E-state index < -0.39 is 0 Å². The molecular formula is C14H16N6O2S. The van der Waals surface area contributed by atoms with E-state index in [4.69, 9.17) is 5.73 Å². The summed E-state index contributed by atoms with van der Waals surface area (Å²) in [6.45, 7) is 1.04. The van der Waals surface area contributed by atoms with Gasteiger partial charge in [0.2, 0.25) is 11.9 Å². The number of aromatic nitrogens is 3. The van der Waals surface area contributed by atoms with Gasteiger partial charge in [-0.3, -0.25) is 9.59 Å². The molecule has 2 aromatic heterocycles. The lowest BCUT2D eigenvalue weighted by Gasteiger charge is -2.29. The Hall–Kier alpha value is -2.55. The van der Waals surface area contributed by atoms with Gasteiger partial charge in [-0.25, -0.2) is 15.0 Å². The summed E-state index contributed by atoms with van der Waals surface area (Å²) in [6, 6.07) is 1.72. The summed E-state index contributed by atoms with van der Waals surface area (Å²) in [5, 5.41) is 5.22. The molecule has 3 N–H and O–H groups in total. The predicted molar refractivity (Wildman–Crippen MR) is 85.3 cm³/mol. The Morgan fingerprint density at radius 2 is 1.96 bits per heavy atom. The first kappa shape index (κ1) is 15.3. The molecule has 3 rings (SSSR count). The van der Waals surface area contributed by atoms with Gasteiger partial charge in [-0.15, -0.1) is 11.3 Å². The van der Waals surface area contributed by atoms with Crippen molar-refractivity contribution in [3.8, 4) is 0 Å². The summed E-state index contributed by atoms with van der Waals surface area (Å²) < 4.78 is 0. The second-order valence-corrected chi connectivity index (χ2v) is 6.06. The normalized spacial score (nSPS) is 15.4. The minimum absolute atomic E-state index is 0.133. The largest absolute Gasteiger partial charge is 0.369 e. The number of hydrogen-bond donors (Lipinski definition) is 2. The van der Waals surface area contributed by atoms with Crippen LogP contribution in [0.2, 0.25) is 0 Å². The highest BCUT2D eigenvalue weighted by Crippen LogP contribution is 2.22. The monoisotopic (exact) mass is 332 g/mol. The first-order valence-corrected chi connectivity index (χ1v) is 8.09. The first-order valence-electron chi connectivity index (χ1n) is 7.21. The van der Waals surface area contributed by atoms with Gasteiger partial charge in [0.05, 0.1) is 0 Å². The molecule has 3 heterocycles. The number of rotatable bonds is 4. The second-order valence-electron chi connectivity index (χ2n) is 5.20. The predicted octanol–water partition coefficient (Wildman–Crippen LogP) is 1.01. The van der Waals surface area contributed by atoms with Crippen molar-refractivity contribution < 1.29 is 9.59 Å². The summed E-state index contributed by atoms with van der Waals surface area (Å²) >= 11 is 1.32. The molecular weight excluding hydrogens is 316 g/mol. The second kappa shape index (κ2) is 6.69. The highest BCUT2D eigenvalue weighted by Gasteiger charge is 2.27. The van der Waals surface area contributed by atoms with Crippen molar-refractivity contribution in [3.05, 3.63) is 29.5 Å². The summed E-state index contributed by atoms with van der Waals surface area (Å²) in [7, 11) is 0. The zero-order chi connectivity index (χ0) is 16.2. The average Bonchev–Trinajstić information content (AvgIpc) is 3.03. The quantitative estimate of drug-likeness (QED) is 0.864. The van der Waals surface area contributed by atoms with E-state index in [1.807, 2.05) is 0 Å². The molecule has 23 heavy (non-hydrogen) atoms. The number of nitrogens with two attached hydrogens (primary N) is 1. The lowest BCUT2D eigenvalue weighted by Crippen LogP contribution is -2.41. The molecule has 2 aromatic rings. The van der Waals surface area contributed by atoms with Crippen LogP contribution in [-0.4, -0.2) is 44.8 Å². The third-order valence-electron chi connectivity index (χ3n) is 3.69. The standard InChI is InChI=1S/C14H16N6O2S/c15-11(21)9-2-6-20(7-3-9)12(22)10-8-23-14(18-10)19-13-16-4-1-5-17-13/h1,4-5,8-9H,2-3,6-7H2,(H2,15,21)(H,16,17,18,19). The van der Waals surface area contributed by atoms with Crippen molar-refractivity contribution in [1.29, 1.82) is 0 Å². The van der Waals surface area contributed by atoms with Crippen LogP contribution in [0.25, 0.3) is 0 Å². The highest BCUT2D eigenvalue weighted by molar-refractivity contribution is 7.14. The van der Waals surface area contributed by atoms with Crippen LogP contribution in [0.5, 0.6) is 0 Å². The van der Waals surface area contributed by atoms with Crippen molar-refractivity contribution in [1.82, 2.24) is 19.9 Å². The molecule has 1 saturated heterocycles. The van der Waals surface area contributed by atoms with E-state index in [1.54, 1.807) is 28.7 Å². The van der Waals surface area contributed by atoms with Crippen molar-refractivity contribution in [2.45, 2.75) is 12.8 Å². The number of piperidine rings is 1. The molecule has 8 nitrogen and oxygen atoms in total. The molecule has 0 unspecified atom stereocenters. The fraction of sp³-hybridized carbons (Fsp3) is 0.357. The molecule has 1 fully saturated rings. The number of carbonyl (C=O) groups is 2. The van der Waals surface area contributed by atoms with E-state index in [9.17, 15) is 9.59 Å². The fourth-order valence-electron chi connectivity index (χ4n) is 2.42. The number of primary amides is 1. The molecule has 1 aliphatic heterocycles. The maximum Gasteiger partial charge on any atom is 0.273 e. The third kappa shape index (κ3) is 3.62. The third-order valence-corrected chi connectivity index (χ3v) is 4.45. The topological polar surface area (TPSA) is 114 Å². The van der Waals surface area contributed by atoms with Crippen LogP contribution in [0.1, 0.15) is 23.3 Å². The number of nitrogens with zero attached hydrogens (tertiary/aromatic N) is 4. The molecule has 0 spiro atoms. The molecule has 9 heteroatoms. The molecule has 0 radical (unpaired) electrons. The number of nitrogens with one attached hydrogen (secondary N) is 1. The van der Waals surface area contributed by atoms with Gasteiger partial charge < -0.3 is 16.0 Å². The van der Waals surface area contributed by atoms with Crippen LogP contribution in [0, 0.1) is 5.92 Å². The van der Waals surface area contributed by atoms with E-state index in [2.05, 4.69) is 20.3 Å². The van der Waals surface area contributed by atoms with Crippen molar-refractivity contribution in [2.75, 3.05) is 18.4 Å². The van der Waals surface area contributed by atoms with Gasteiger partial charge in [0.1, 0.15) is 5.69 Å². The van der Waals surface area contributed by atoms with Crippen molar-refractivity contribution >= 4 is 34.2 Å². The van der Waals surface area contributed by atoms with Crippen LogP contribution in [0.15, 0.2) is 23.8 Å². The maximum absolute atomic E-state index is 12.4. The minimum atomic E-state index is -0.292. The highest BCUT2D eigenvalue weighted by atomic mass is 32.1. The molecule has 0 saturated carbocycles. The van der Waals surface area contributed by atoms with Gasteiger partial charge in [0.15, 0.2) is 5.13 Å². The molecule has 0 aliphatic carbocycles. The lowest BCUT2D eigenvalue weighted by atomic mass is 9.96. The van der Waals surface area contributed by atoms with Crippen LogP contribution >= 0.6 is 11.3 Å². The van der Waals surface area contributed by atoms with Gasteiger partial charge in [0.25, 0.3) is 5.91 Å². The van der Waals surface area contributed by atoms with Gasteiger partial charge in [0, 0.05) is 36.8 Å². The van der Waals surface area contributed by atoms with Crippen LogP contribution in [0.4, 0.5) is 11.1 Å². The number of hydrogen-bond acceptors (Lipinski definition) is 7. The number of carbonyl (C=O) groups excluding carboxylic acids is 2. The van der Waals surface area contributed by atoms with Crippen molar-refractivity contribution in [2.24, 2.45) is 11.7 Å². The Morgan fingerprint density at radius 1 is 1.26 bits per heavy atom. The SMILES string of the molecule is NC(=O)C1CCN(C(=O)c2csc(Nc3ncccn3)n2)CC1. The summed E-state index contributed by atoms with van der Waals surface area (Å²) in [6.07, 6.45) is 4.46. The van der Waals surface area contributed by atoms with Gasteiger partial charge in [-0.1, -0.05) is 0 Å². The number of likely N-dealkylation sites (tertiary alicyclic amines) is 1. The van der Waals surface area contributed by atoms with Crippen LogP contribution in [0.3, 0.4) is 0 Å². The molecule has 0 atom stereocenters. The van der Waals surface area contributed by atoms with Crippen molar-refractivity contribution in [3.63, 3.8) is 0 Å². The number of anilines is 2. The fourth-order valence-corrected chi connectivity index (χ4v) is 3.10. The smallest absolute Gasteiger partial charge is 0.273 e. The van der Waals surface area contributed by atoms with Gasteiger partial charge in [-0.05, 0) is 18.9 Å². The lowest BCUT2D eigenvalue weighted by molar-refractivity contribution is -0.123. The first-order chi connectivity index (χ1) is 11.1. The molecule has 0 aromatic carbocycles. The molecule has 1 aliphatic rings. The Balaban J connectivity index is 1.62. The number of amides is 2. The molecule has 120 valence electrons. The zero-order valence-corrected chi connectivity index (χ0v) is 13.1. The van der Waals surface area contributed by atoms with Gasteiger partial charge in [-0.2, -0.15) is 0 Å². The van der Waals surface area contributed by atoms with Crippen LogP contribution < -0.4 is 11.1 Å². The van der Waals surface area contributed by atoms with E-state index in [-0.39, 0.29) is 17.7 Å². The van der Waals surface area contributed by atoms with E-state index >= 15 is 0 Å². The van der Waals surface area contributed by atoms with Crippen LogP contribution in [-0.2, 0) is 4.79 Å². The summed E-state index contributed by atoms with van der Waals surface area (Å²) in [5.74, 6) is -0.128. The Morgan fingerprint density at radius 3 is 2.61 bits per heavy atom. The Kier molecular flexibility index (Phi) is 4.47. The molecule has 0 bridgehead atoms. The maximum atomic E-state index is 12.4. The average molecular weight is 332 g/mol. The summed E-state index contributed by atoms with van der Waals surface area (Å²) in [5.41, 5.74) is 5.68.